The lowest BCUT2D eigenvalue weighted by Gasteiger charge is -2.44. The highest BCUT2D eigenvalue weighted by Gasteiger charge is 2.41. The number of methoxy groups -OCH3 is 2. The number of unbranched alkanes of at least 4 members (excludes halogenated alkanes) is 1. The molecule has 0 atom stereocenters. The molecular formula is C13H28O2. The van der Waals surface area contributed by atoms with Crippen molar-refractivity contribution in [3.8, 4) is 0 Å². The van der Waals surface area contributed by atoms with Gasteiger partial charge in [-0.25, -0.2) is 0 Å². The smallest absolute Gasteiger partial charge is 0.0545 e. The van der Waals surface area contributed by atoms with E-state index in [0.717, 1.165) is 13.2 Å². The highest BCUT2D eigenvalue weighted by molar-refractivity contribution is 4.90. The van der Waals surface area contributed by atoms with E-state index in [1.54, 1.807) is 14.2 Å². The summed E-state index contributed by atoms with van der Waals surface area (Å²) in [5.74, 6) is 0. The molecule has 0 rings (SSSR count). The zero-order chi connectivity index (χ0) is 11.9. The van der Waals surface area contributed by atoms with E-state index in [9.17, 15) is 0 Å². The van der Waals surface area contributed by atoms with Gasteiger partial charge in [-0.05, 0) is 11.8 Å². The van der Waals surface area contributed by atoms with Gasteiger partial charge in [-0.15, -0.1) is 0 Å². The SMILES string of the molecule is CCCCC(COC)(COC)C(C)(C)C. The summed E-state index contributed by atoms with van der Waals surface area (Å²) in [4.78, 5) is 0. The van der Waals surface area contributed by atoms with Crippen molar-refractivity contribution >= 4 is 0 Å². The molecule has 15 heavy (non-hydrogen) atoms. The molecule has 0 aliphatic rings. The molecule has 0 spiro atoms. The zero-order valence-corrected chi connectivity index (χ0v) is 11.4. The van der Waals surface area contributed by atoms with E-state index in [0.29, 0.717) is 0 Å². The predicted molar refractivity (Wildman–Crippen MR) is 65.2 cm³/mol. The summed E-state index contributed by atoms with van der Waals surface area (Å²) in [6.07, 6.45) is 3.64. The van der Waals surface area contributed by atoms with E-state index in [1.165, 1.54) is 19.3 Å². The Balaban J connectivity index is 4.72. The van der Waals surface area contributed by atoms with Crippen LogP contribution in [0.4, 0.5) is 0 Å². The van der Waals surface area contributed by atoms with E-state index in [2.05, 4.69) is 27.7 Å². The minimum absolute atomic E-state index is 0.145. The minimum atomic E-state index is 0.145. The molecule has 0 aromatic carbocycles. The third-order valence-corrected chi connectivity index (χ3v) is 3.44. The van der Waals surface area contributed by atoms with Crippen LogP contribution in [0.15, 0.2) is 0 Å². The van der Waals surface area contributed by atoms with Crippen LogP contribution >= 0.6 is 0 Å². The van der Waals surface area contributed by atoms with Crippen LogP contribution in [0.25, 0.3) is 0 Å². The summed E-state index contributed by atoms with van der Waals surface area (Å²) in [5, 5.41) is 0. The Labute approximate surface area is 95.3 Å². The molecule has 0 amide bonds. The van der Waals surface area contributed by atoms with Crippen molar-refractivity contribution < 1.29 is 9.47 Å². The van der Waals surface area contributed by atoms with Gasteiger partial charge in [0.15, 0.2) is 0 Å². The van der Waals surface area contributed by atoms with E-state index in [-0.39, 0.29) is 10.8 Å². The van der Waals surface area contributed by atoms with Crippen molar-refractivity contribution in [2.24, 2.45) is 10.8 Å². The van der Waals surface area contributed by atoms with E-state index >= 15 is 0 Å². The van der Waals surface area contributed by atoms with E-state index in [4.69, 9.17) is 9.47 Å². The lowest BCUT2D eigenvalue weighted by Crippen LogP contribution is -2.43. The molecular weight excluding hydrogens is 188 g/mol. The highest BCUT2D eigenvalue weighted by Crippen LogP contribution is 2.43. The summed E-state index contributed by atoms with van der Waals surface area (Å²) >= 11 is 0. The Morgan fingerprint density at radius 2 is 1.40 bits per heavy atom. The van der Waals surface area contributed by atoms with Gasteiger partial charge in [0.1, 0.15) is 0 Å². The summed E-state index contributed by atoms with van der Waals surface area (Å²) in [5.41, 5.74) is 0.362. The van der Waals surface area contributed by atoms with Crippen LogP contribution < -0.4 is 0 Å². The molecule has 0 saturated carbocycles. The van der Waals surface area contributed by atoms with Crippen molar-refractivity contribution in [2.75, 3.05) is 27.4 Å². The Kier molecular flexibility index (Phi) is 6.46. The van der Waals surface area contributed by atoms with Crippen LogP contribution in [0.3, 0.4) is 0 Å². The second kappa shape index (κ2) is 6.49. The molecule has 0 saturated heterocycles. The third kappa shape index (κ3) is 4.12. The maximum absolute atomic E-state index is 5.40. The normalized spacial score (nSPS) is 13.2. The quantitative estimate of drug-likeness (QED) is 0.648. The number of rotatable bonds is 7. The molecule has 0 aromatic rings. The van der Waals surface area contributed by atoms with Gasteiger partial charge in [-0.3, -0.25) is 0 Å². The molecule has 0 aliphatic carbocycles. The van der Waals surface area contributed by atoms with Crippen LogP contribution in [-0.2, 0) is 9.47 Å². The predicted octanol–water partition coefficient (Wildman–Crippen LogP) is 3.50. The van der Waals surface area contributed by atoms with Crippen LogP contribution in [0.5, 0.6) is 0 Å². The molecule has 0 radical (unpaired) electrons. The molecule has 0 aliphatic heterocycles. The lowest BCUT2D eigenvalue weighted by atomic mass is 9.65. The second-order valence-corrected chi connectivity index (χ2v) is 5.50. The Morgan fingerprint density at radius 3 is 1.67 bits per heavy atom. The van der Waals surface area contributed by atoms with Crippen LogP contribution in [0, 0.1) is 10.8 Å². The van der Waals surface area contributed by atoms with Gasteiger partial charge in [0, 0.05) is 19.6 Å². The molecule has 0 bridgehead atoms. The van der Waals surface area contributed by atoms with Crippen LogP contribution in [-0.4, -0.2) is 27.4 Å². The maximum atomic E-state index is 5.40. The van der Waals surface area contributed by atoms with Gasteiger partial charge in [0.2, 0.25) is 0 Å². The largest absolute Gasteiger partial charge is 0.384 e. The standard InChI is InChI=1S/C13H28O2/c1-7-8-9-13(10-14-5,11-15-6)12(2,3)4/h7-11H2,1-6H3. The summed E-state index contributed by atoms with van der Waals surface area (Å²) in [6.45, 7) is 10.6. The maximum Gasteiger partial charge on any atom is 0.0545 e. The molecule has 0 aromatic heterocycles. The number of hydrogen-bond donors (Lipinski definition) is 0. The molecule has 0 unspecified atom stereocenters. The fourth-order valence-electron chi connectivity index (χ4n) is 2.06. The molecule has 0 heterocycles. The Hall–Kier alpha value is -0.0800. The monoisotopic (exact) mass is 216 g/mol. The Morgan fingerprint density at radius 1 is 0.933 bits per heavy atom. The van der Waals surface area contributed by atoms with Crippen LogP contribution in [0.2, 0.25) is 0 Å². The third-order valence-electron chi connectivity index (χ3n) is 3.44. The lowest BCUT2D eigenvalue weighted by molar-refractivity contribution is -0.0668. The van der Waals surface area contributed by atoms with Gasteiger partial charge >= 0.3 is 0 Å². The minimum Gasteiger partial charge on any atom is -0.384 e. The van der Waals surface area contributed by atoms with Gasteiger partial charge in [0.25, 0.3) is 0 Å². The first-order valence-electron chi connectivity index (χ1n) is 5.91. The number of hydrogen-bond acceptors (Lipinski definition) is 2. The first-order chi connectivity index (χ1) is 6.93. The first-order valence-corrected chi connectivity index (χ1v) is 5.91. The molecule has 2 nitrogen and oxygen atoms in total. The van der Waals surface area contributed by atoms with Gasteiger partial charge in [0.05, 0.1) is 13.2 Å². The molecule has 92 valence electrons. The summed E-state index contributed by atoms with van der Waals surface area (Å²) in [7, 11) is 3.56. The first kappa shape index (κ1) is 14.9. The average molecular weight is 216 g/mol. The number of ether oxygens (including phenoxy) is 2. The van der Waals surface area contributed by atoms with E-state index in [1.807, 2.05) is 0 Å². The second-order valence-electron chi connectivity index (χ2n) is 5.50. The van der Waals surface area contributed by atoms with Crippen molar-refractivity contribution in [3.05, 3.63) is 0 Å². The van der Waals surface area contributed by atoms with Crippen LogP contribution in [0.1, 0.15) is 47.0 Å². The summed E-state index contributed by atoms with van der Waals surface area (Å²) in [6, 6.07) is 0. The Bertz CT molecular complexity index is 152. The average Bonchev–Trinajstić information content (AvgIpc) is 2.13. The highest BCUT2D eigenvalue weighted by atomic mass is 16.5. The van der Waals surface area contributed by atoms with Crippen molar-refractivity contribution in [2.45, 2.75) is 47.0 Å². The zero-order valence-electron chi connectivity index (χ0n) is 11.4. The molecule has 0 N–H and O–H groups in total. The van der Waals surface area contributed by atoms with Crippen molar-refractivity contribution in [1.82, 2.24) is 0 Å². The molecule has 0 fully saturated rings. The topological polar surface area (TPSA) is 18.5 Å². The van der Waals surface area contributed by atoms with Gasteiger partial charge in [-0.1, -0.05) is 40.5 Å². The van der Waals surface area contributed by atoms with Crippen molar-refractivity contribution in [3.63, 3.8) is 0 Å². The molecule has 2 heteroatoms. The van der Waals surface area contributed by atoms with E-state index < -0.39 is 0 Å². The van der Waals surface area contributed by atoms with Gasteiger partial charge < -0.3 is 9.47 Å². The van der Waals surface area contributed by atoms with Gasteiger partial charge in [-0.2, -0.15) is 0 Å². The fraction of sp³-hybridized carbons (Fsp3) is 1.00. The van der Waals surface area contributed by atoms with Crippen molar-refractivity contribution in [1.29, 1.82) is 0 Å². The summed E-state index contributed by atoms with van der Waals surface area (Å²) < 4.78 is 10.8. The fourth-order valence-corrected chi connectivity index (χ4v) is 2.06.